The highest BCUT2D eigenvalue weighted by molar-refractivity contribution is 8.26. The zero-order valence-electron chi connectivity index (χ0n) is 14.9. The van der Waals surface area contributed by atoms with E-state index in [-0.39, 0.29) is 15.8 Å². The van der Waals surface area contributed by atoms with Crippen LogP contribution in [0.5, 0.6) is 11.5 Å². The molecule has 0 atom stereocenters. The Bertz CT molecular complexity index is 980. The van der Waals surface area contributed by atoms with E-state index in [2.05, 4.69) is 14.6 Å². The van der Waals surface area contributed by atoms with Crippen LogP contribution in [-0.4, -0.2) is 34.7 Å². The van der Waals surface area contributed by atoms with Crippen molar-refractivity contribution in [3.63, 3.8) is 0 Å². The fraction of sp³-hybridized carbons (Fsp3) is 0.105. The van der Waals surface area contributed by atoms with E-state index in [1.165, 1.54) is 54.7 Å². The number of alkyl halides is 4. The molecule has 1 fully saturated rings. The summed E-state index contributed by atoms with van der Waals surface area (Å²) in [5, 5.41) is 5.08. The number of carbonyl (C=O) groups excluding carboxylic acids is 1. The number of rotatable bonds is 7. The first kappa shape index (κ1) is 21.8. The van der Waals surface area contributed by atoms with Gasteiger partial charge in [0, 0.05) is 0 Å². The number of halogens is 4. The quantitative estimate of drug-likeness (QED) is 0.250. The standard InChI is InChI=1S/C19H12F4N2O3S2/c20-17(21)27-13-5-1-11(2-6-13)9-15-16(26)25(19(29)30-15)24-10-12-3-7-14(8-4-12)28-18(22)23/h1-10,17-18H/b15-9+,24-10-. The lowest BCUT2D eigenvalue weighted by Gasteiger charge is -2.07. The van der Waals surface area contributed by atoms with Gasteiger partial charge in [0.15, 0.2) is 4.32 Å². The van der Waals surface area contributed by atoms with Gasteiger partial charge in [-0.05, 0) is 65.8 Å². The highest BCUT2D eigenvalue weighted by atomic mass is 32.2. The minimum Gasteiger partial charge on any atom is -0.435 e. The second-order valence-corrected chi connectivity index (χ2v) is 7.31. The van der Waals surface area contributed by atoms with Crippen molar-refractivity contribution < 1.29 is 31.8 Å². The van der Waals surface area contributed by atoms with Crippen molar-refractivity contribution >= 4 is 46.5 Å². The molecule has 0 bridgehead atoms. The maximum absolute atomic E-state index is 12.5. The number of hydrogen-bond donors (Lipinski definition) is 0. The summed E-state index contributed by atoms with van der Waals surface area (Å²) < 4.78 is 57.5. The average molecular weight is 456 g/mol. The van der Waals surface area contributed by atoms with E-state index in [1.807, 2.05) is 0 Å². The lowest BCUT2D eigenvalue weighted by Crippen LogP contribution is -2.22. The van der Waals surface area contributed by atoms with Crippen molar-refractivity contribution in [3.8, 4) is 11.5 Å². The van der Waals surface area contributed by atoms with Gasteiger partial charge in [0.25, 0.3) is 5.91 Å². The maximum Gasteiger partial charge on any atom is 0.387 e. The molecule has 0 N–H and O–H groups in total. The average Bonchev–Trinajstić information content (AvgIpc) is 2.95. The molecule has 0 unspecified atom stereocenters. The third kappa shape index (κ3) is 5.80. The molecule has 0 aliphatic carbocycles. The van der Waals surface area contributed by atoms with Gasteiger partial charge in [-0.3, -0.25) is 4.79 Å². The second-order valence-electron chi connectivity index (χ2n) is 5.63. The molecule has 1 amide bonds. The molecule has 156 valence electrons. The first-order valence-electron chi connectivity index (χ1n) is 8.23. The van der Waals surface area contributed by atoms with E-state index in [9.17, 15) is 22.4 Å². The molecule has 2 aromatic rings. The minimum atomic E-state index is -2.92. The van der Waals surface area contributed by atoms with Gasteiger partial charge in [-0.2, -0.15) is 27.7 Å². The Morgan fingerprint density at radius 1 is 0.900 bits per heavy atom. The highest BCUT2D eigenvalue weighted by Crippen LogP contribution is 2.33. The third-order valence-electron chi connectivity index (χ3n) is 3.60. The lowest BCUT2D eigenvalue weighted by molar-refractivity contribution is -0.122. The van der Waals surface area contributed by atoms with Crippen LogP contribution in [0, 0.1) is 0 Å². The smallest absolute Gasteiger partial charge is 0.387 e. The Labute approximate surface area is 178 Å². The molecule has 1 heterocycles. The molecule has 1 aliphatic heterocycles. The van der Waals surface area contributed by atoms with E-state index in [4.69, 9.17) is 12.2 Å². The Morgan fingerprint density at radius 2 is 1.40 bits per heavy atom. The van der Waals surface area contributed by atoms with Crippen LogP contribution in [0.1, 0.15) is 11.1 Å². The topological polar surface area (TPSA) is 51.1 Å². The van der Waals surface area contributed by atoms with Crippen molar-refractivity contribution in [2.24, 2.45) is 5.10 Å². The number of thioether (sulfide) groups is 1. The number of thiocarbonyl (C=S) groups is 1. The summed E-state index contributed by atoms with van der Waals surface area (Å²) in [6.45, 7) is -5.84. The molecule has 1 aliphatic rings. The van der Waals surface area contributed by atoms with Gasteiger partial charge in [0.2, 0.25) is 0 Å². The van der Waals surface area contributed by atoms with E-state index in [0.717, 1.165) is 16.8 Å². The number of benzene rings is 2. The molecule has 0 radical (unpaired) electrons. The highest BCUT2D eigenvalue weighted by Gasteiger charge is 2.32. The van der Waals surface area contributed by atoms with Crippen molar-refractivity contribution in [1.82, 2.24) is 5.01 Å². The van der Waals surface area contributed by atoms with Crippen LogP contribution < -0.4 is 9.47 Å². The molecule has 11 heteroatoms. The van der Waals surface area contributed by atoms with Crippen molar-refractivity contribution in [3.05, 3.63) is 64.6 Å². The number of hydrazone groups is 1. The second kappa shape index (κ2) is 9.72. The number of carbonyl (C=O) groups is 1. The van der Waals surface area contributed by atoms with Crippen LogP contribution in [0.25, 0.3) is 6.08 Å². The number of hydrogen-bond acceptors (Lipinski definition) is 6. The molecule has 30 heavy (non-hydrogen) atoms. The molecule has 1 saturated heterocycles. The van der Waals surface area contributed by atoms with E-state index in [0.29, 0.717) is 16.0 Å². The fourth-order valence-corrected chi connectivity index (χ4v) is 3.49. The van der Waals surface area contributed by atoms with Gasteiger partial charge in [-0.1, -0.05) is 23.9 Å². The molecule has 3 rings (SSSR count). The summed E-state index contributed by atoms with van der Waals surface area (Å²) in [7, 11) is 0. The van der Waals surface area contributed by atoms with E-state index < -0.39 is 19.1 Å². The van der Waals surface area contributed by atoms with E-state index in [1.54, 1.807) is 6.08 Å². The Balaban J connectivity index is 1.68. The van der Waals surface area contributed by atoms with Gasteiger partial charge >= 0.3 is 13.2 Å². The van der Waals surface area contributed by atoms with Crippen LogP contribution in [0.3, 0.4) is 0 Å². The Kier molecular flexibility index (Phi) is 7.06. The molecular weight excluding hydrogens is 444 g/mol. The van der Waals surface area contributed by atoms with Crippen LogP contribution in [0.15, 0.2) is 58.5 Å². The SMILES string of the molecule is O=C1/C(=C\c2ccc(OC(F)F)cc2)SC(=S)N1/N=C\c1ccc(OC(F)F)cc1. The molecule has 0 saturated carbocycles. The molecule has 0 aromatic heterocycles. The normalized spacial score (nSPS) is 15.8. The Hall–Kier alpha value is -2.92. The summed E-state index contributed by atoms with van der Waals surface area (Å²) in [5.41, 5.74) is 1.14. The van der Waals surface area contributed by atoms with Gasteiger partial charge in [-0.25, -0.2) is 0 Å². The monoisotopic (exact) mass is 456 g/mol. The minimum absolute atomic E-state index is 0.000614. The van der Waals surface area contributed by atoms with E-state index >= 15 is 0 Å². The zero-order chi connectivity index (χ0) is 21.7. The van der Waals surface area contributed by atoms with Crippen LogP contribution in [0.2, 0.25) is 0 Å². The molecular formula is C19H12F4N2O3S2. The van der Waals surface area contributed by atoms with Crippen molar-refractivity contribution in [2.75, 3.05) is 0 Å². The predicted molar refractivity (Wildman–Crippen MR) is 109 cm³/mol. The van der Waals surface area contributed by atoms with Gasteiger partial charge < -0.3 is 9.47 Å². The molecule has 2 aromatic carbocycles. The summed E-state index contributed by atoms with van der Waals surface area (Å²) in [6.07, 6.45) is 2.91. The van der Waals surface area contributed by atoms with Crippen molar-refractivity contribution in [1.29, 1.82) is 0 Å². The molecule has 5 nitrogen and oxygen atoms in total. The van der Waals surface area contributed by atoms with Crippen molar-refractivity contribution in [2.45, 2.75) is 13.2 Å². The predicted octanol–water partition coefficient (Wildman–Crippen LogP) is 5.12. The zero-order valence-corrected chi connectivity index (χ0v) is 16.5. The first-order chi connectivity index (χ1) is 14.3. The maximum atomic E-state index is 12.5. The summed E-state index contributed by atoms with van der Waals surface area (Å²) >= 11 is 6.21. The molecule has 0 spiro atoms. The first-order valence-corrected chi connectivity index (χ1v) is 9.46. The van der Waals surface area contributed by atoms with Gasteiger partial charge in [-0.15, -0.1) is 0 Å². The van der Waals surface area contributed by atoms with Gasteiger partial charge in [0.1, 0.15) is 11.5 Å². The van der Waals surface area contributed by atoms with Crippen LogP contribution in [0.4, 0.5) is 17.6 Å². The third-order valence-corrected chi connectivity index (χ3v) is 4.89. The summed E-state index contributed by atoms with van der Waals surface area (Å²) in [5.74, 6) is -0.447. The largest absolute Gasteiger partial charge is 0.435 e. The number of amides is 1. The number of nitrogens with zero attached hydrogens (tertiary/aromatic N) is 2. The lowest BCUT2D eigenvalue weighted by atomic mass is 10.2. The van der Waals surface area contributed by atoms with Crippen LogP contribution >= 0.6 is 24.0 Å². The van der Waals surface area contributed by atoms with Crippen LogP contribution in [-0.2, 0) is 4.79 Å². The summed E-state index contributed by atoms with van der Waals surface area (Å²) in [6, 6.07) is 11.5. The Morgan fingerprint density at radius 3 is 1.90 bits per heavy atom. The number of ether oxygens (including phenoxy) is 2. The summed E-state index contributed by atoms with van der Waals surface area (Å²) in [4.78, 5) is 12.8. The van der Waals surface area contributed by atoms with Gasteiger partial charge in [0.05, 0.1) is 11.1 Å². The fourth-order valence-electron chi connectivity index (χ4n) is 2.32.